The first kappa shape index (κ1) is 16.3. The van der Waals surface area contributed by atoms with Crippen LogP contribution in [0.3, 0.4) is 0 Å². The summed E-state index contributed by atoms with van der Waals surface area (Å²) in [5.74, 6) is 0.578. The zero-order valence-corrected chi connectivity index (χ0v) is 14.2. The first-order valence-corrected chi connectivity index (χ1v) is 8.59. The minimum absolute atomic E-state index is 0.131. The highest BCUT2D eigenvalue weighted by Gasteiger charge is 2.18. The molecule has 2 heterocycles. The monoisotopic (exact) mass is 345 g/mol. The van der Waals surface area contributed by atoms with Gasteiger partial charge < -0.3 is 14.1 Å². The molecular formula is C21H19N3O2. The molecule has 1 N–H and O–H groups in total. The SMILES string of the molecule is OCCCn1cnc(-c2ccccc2)c1-c1coc(-c2ccccc2)n1. The smallest absolute Gasteiger partial charge is 0.226 e. The van der Waals surface area contributed by atoms with E-state index >= 15 is 0 Å². The zero-order valence-electron chi connectivity index (χ0n) is 14.2. The lowest BCUT2D eigenvalue weighted by Crippen LogP contribution is -2.01. The molecule has 2 aromatic carbocycles. The minimum atomic E-state index is 0.131. The highest BCUT2D eigenvalue weighted by atomic mass is 16.3. The third-order valence-electron chi connectivity index (χ3n) is 4.21. The lowest BCUT2D eigenvalue weighted by Gasteiger charge is -2.07. The number of benzene rings is 2. The molecule has 0 bridgehead atoms. The topological polar surface area (TPSA) is 64.1 Å². The average molecular weight is 345 g/mol. The van der Waals surface area contributed by atoms with Gasteiger partial charge >= 0.3 is 0 Å². The van der Waals surface area contributed by atoms with E-state index in [4.69, 9.17) is 4.42 Å². The number of oxazole rings is 1. The molecule has 0 aliphatic carbocycles. The average Bonchev–Trinajstić information content (AvgIpc) is 3.34. The van der Waals surface area contributed by atoms with Crippen LogP contribution in [0.25, 0.3) is 34.1 Å². The Bertz CT molecular complexity index is 975. The van der Waals surface area contributed by atoms with Crippen molar-refractivity contribution in [2.45, 2.75) is 13.0 Å². The van der Waals surface area contributed by atoms with E-state index in [1.54, 1.807) is 12.6 Å². The third kappa shape index (κ3) is 3.17. The number of hydrogen-bond acceptors (Lipinski definition) is 4. The fourth-order valence-corrected chi connectivity index (χ4v) is 2.96. The fourth-order valence-electron chi connectivity index (χ4n) is 2.96. The van der Waals surface area contributed by atoms with Gasteiger partial charge in [0, 0.05) is 24.3 Å². The Hall–Kier alpha value is -3.18. The number of hydrogen-bond donors (Lipinski definition) is 1. The number of imidazole rings is 1. The summed E-state index contributed by atoms with van der Waals surface area (Å²) in [6, 6.07) is 19.8. The number of nitrogens with zero attached hydrogens (tertiary/aromatic N) is 3. The van der Waals surface area contributed by atoms with Crippen molar-refractivity contribution in [2.75, 3.05) is 6.61 Å². The van der Waals surface area contributed by atoms with Crippen molar-refractivity contribution in [3.05, 3.63) is 73.3 Å². The van der Waals surface area contributed by atoms with Gasteiger partial charge in [-0.3, -0.25) is 0 Å². The van der Waals surface area contributed by atoms with Gasteiger partial charge in [-0.15, -0.1) is 0 Å². The van der Waals surface area contributed by atoms with E-state index in [0.717, 1.165) is 28.2 Å². The molecule has 0 saturated carbocycles. The van der Waals surface area contributed by atoms with Crippen LogP contribution in [-0.2, 0) is 6.54 Å². The molecule has 0 radical (unpaired) electrons. The molecule has 0 aliphatic heterocycles. The minimum Gasteiger partial charge on any atom is -0.444 e. The molecule has 26 heavy (non-hydrogen) atoms. The van der Waals surface area contributed by atoms with E-state index in [9.17, 15) is 5.11 Å². The summed E-state index contributed by atoms with van der Waals surface area (Å²) in [5, 5.41) is 9.20. The van der Waals surface area contributed by atoms with Crippen LogP contribution in [-0.4, -0.2) is 26.2 Å². The standard InChI is InChI=1S/C21H19N3O2/c25-13-7-12-24-15-22-19(16-8-3-1-4-9-16)20(24)18-14-26-21(23-18)17-10-5-2-6-11-17/h1-6,8-11,14-15,25H,7,12-13H2. The molecule has 4 aromatic rings. The Balaban J connectivity index is 1.79. The van der Waals surface area contributed by atoms with Gasteiger partial charge in [-0.1, -0.05) is 48.5 Å². The van der Waals surface area contributed by atoms with Crippen LogP contribution >= 0.6 is 0 Å². The van der Waals surface area contributed by atoms with Crippen LogP contribution in [0.15, 0.2) is 77.7 Å². The van der Waals surface area contributed by atoms with E-state index in [1.807, 2.05) is 65.2 Å². The van der Waals surface area contributed by atoms with Crippen LogP contribution in [0.1, 0.15) is 6.42 Å². The van der Waals surface area contributed by atoms with Crippen molar-refractivity contribution in [3.8, 4) is 34.1 Å². The lowest BCUT2D eigenvalue weighted by atomic mass is 10.1. The van der Waals surface area contributed by atoms with Crippen molar-refractivity contribution in [1.29, 1.82) is 0 Å². The molecule has 0 saturated heterocycles. The van der Waals surface area contributed by atoms with Crippen molar-refractivity contribution in [3.63, 3.8) is 0 Å². The second-order valence-corrected chi connectivity index (χ2v) is 5.98. The summed E-state index contributed by atoms with van der Waals surface area (Å²) < 4.78 is 7.74. The van der Waals surface area contributed by atoms with E-state index in [-0.39, 0.29) is 6.61 Å². The predicted molar refractivity (Wildman–Crippen MR) is 100 cm³/mol. The summed E-state index contributed by atoms with van der Waals surface area (Å²) in [4.78, 5) is 9.29. The number of aliphatic hydroxyl groups excluding tert-OH is 1. The molecule has 0 fully saturated rings. The maximum atomic E-state index is 9.20. The molecule has 0 aliphatic rings. The Kier molecular flexibility index (Phi) is 4.62. The van der Waals surface area contributed by atoms with E-state index in [2.05, 4.69) is 9.97 Å². The number of aliphatic hydroxyl groups is 1. The van der Waals surface area contributed by atoms with Crippen molar-refractivity contribution in [1.82, 2.24) is 14.5 Å². The first-order valence-electron chi connectivity index (χ1n) is 8.59. The van der Waals surface area contributed by atoms with Crippen LogP contribution in [0, 0.1) is 0 Å². The first-order chi connectivity index (χ1) is 12.9. The van der Waals surface area contributed by atoms with E-state index in [1.165, 1.54) is 0 Å². The fraction of sp³-hybridized carbons (Fsp3) is 0.143. The molecule has 5 heteroatoms. The van der Waals surface area contributed by atoms with Gasteiger partial charge in [0.1, 0.15) is 12.0 Å². The largest absolute Gasteiger partial charge is 0.444 e. The van der Waals surface area contributed by atoms with Crippen LogP contribution < -0.4 is 0 Å². The molecule has 130 valence electrons. The van der Waals surface area contributed by atoms with Gasteiger partial charge in [0.15, 0.2) is 0 Å². The number of aryl methyl sites for hydroxylation is 1. The van der Waals surface area contributed by atoms with Crippen LogP contribution in [0.5, 0.6) is 0 Å². The van der Waals surface area contributed by atoms with Crippen molar-refractivity contribution >= 4 is 0 Å². The third-order valence-corrected chi connectivity index (χ3v) is 4.21. The second-order valence-electron chi connectivity index (χ2n) is 5.98. The number of rotatable bonds is 6. The van der Waals surface area contributed by atoms with Gasteiger partial charge in [0.05, 0.1) is 17.7 Å². The normalized spacial score (nSPS) is 11.0. The second kappa shape index (κ2) is 7.37. The summed E-state index contributed by atoms with van der Waals surface area (Å²) in [6.07, 6.45) is 4.12. The summed E-state index contributed by atoms with van der Waals surface area (Å²) in [5.41, 5.74) is 4.45. The quantitative estimate of drug-likeness (QED) is 0.567. The van der Waals surface area contributed by atoms with E-state index in [0.29, 0.717) is 18.9 Å². The zero-order chi connectivity index (χ0) is 17.8. The van der Waals surface area contributed by atoms with Gasteiger partial charge in [-0.05, 0) is 18.6 Å². The molecule has 0 unspecified atom stereocenters. The van der Waals surface area contributed by atoms with Crippen LogP contribution in [0.2, 0.25) is 0 Å². The van der Waals surface area contributed by atoms with E-state index < -0.39 is 0 Å². The van der Waals surface area contributed by atoms with Gasteiger partial charge in [0.2, 0.25) is 5.89 Å². The Morgan fingerprint density at radius 2 is 1.62 bits per heavy atom. The maximum absolute atomic E-state index is 9.20. The molecule has 0 atom stereocenters. The van der Waals surface area contributed by atoms with Gasteiger partial charge in [0.25, 0.3) is 0 Å². The Morgan fingerprint density at radius 1 is 0.923 bits per heavy atom. The highest BCUT2D eigenvalue weighted by Crippen LogP contribution is 2.32. The van der Waals surface area contributed by atoms with Gasteiger partial charge in [-0.25, -0.2) is 9.97 Å². The summed E-state index contributed by atoms with van der Waals surface area (Å²) >= 11 is 0. The summed E-state index contributed by atoms with van der Waals surface area (Å²) in [6.45, 7) is 0.797. The van der Waals surface area contributed by atoms with Crippen molar-refractivity contribution in [2.24, 2.45) is 0 Å². The Morgan fingerprint density at radius 3 is 2.31 bits per heavy atom. The maximum Gasteiger partial charge on any atom is 0.226 e. The molecule has 5 nitrogen and oxygen atoms in total. The molecule has 2 aromatic heterocycles. The summed E-state index contributed by atoms with van der Waals surface area (Å²) in [7, 11) is 0. The predicted octanol–water partition coefficient (Wildman–Crippen LogP) is 4.25. The van der Waals surface area contributed by atoms with Crippen molar-refractivity contribution < 1.29 is 9.52 Å². The highest BCUT2D eigenvalue weighted by molar-refractivity contribution is 5.77. The van der Waals surface area contributed by atoms with Crippen LogP contribution in [0.4, 0.5) is 0 Å². The van der Waals surface area contributed by atoms with Gasteiger partial charge in [-0.2, -0.15) is 0 Å². The lowest BCUT2D eigenvalue weighted by molar-refractivity contribution is 0.280. The molecule has 0 amide bonds. The Labute approximate surface area is 151 Å². The molecule has 4 rings (SSSR count). The number of aromatic nitrogens is 3. The molecular weight excluding hydrogens is 326 g/mol. The molecule has 0 spiro atoms.